The van der Waals surface area contributed by atoms with Crippen molar-refractivity contribution >= 4 is 17.6 Å². The molecule has 0 aromatic carbocycles. The second-order valence-electron chi connectivity index (χ2n) is 2.93. The van der Waals surface area contributed by atoms with E-state index in [2.05, 4.69) is 9.97 Å². The van der Waals surface area contributed by atoms with Crippen LogP contribution in [0.5, 0.6) is 0 Å². The van der Waals surface area contributed by atoms with Gasteiger partial charge >= 0.3 is 0 Å². The van der Waals surface area contributed by atoms with E-state index >= 15 is 0 Å². The molecule has 0 aliphatic heterocycles. The van der Waals surface area contributed by atoms with E-state index in [1.165, 1.54) is 12.4 Å². The number of aryl methyl sites for hydroxylation is 1. The topological polar surface area (TPSA) is 42.9 Å². The van der Waals surface area contributed by atoms with Crippen LogP contribution in [-0.4, -0.2) is 16.3 Å². The molecule has 0 unspecified atom stereocenters. The van der Waals surface area contributed by atoms with Crippen molar-refractivity contribution in [1.82, 2.24) is 9.97 Å². The maximum absolute atomic E-state index is 10.4. The number of rotatable bonds is 2. The Bertz CT molecular complexity index is 447. The van der Waals surface area contributed by atoms with Crippen molar-refractivity contribution in [2.45, 2.75) is 6.92 Å². The van der Waals surface area contributed by atoms with Crippen molar-refractivity contribution < 1.29 is 4.79 Å². The molecule has 2 aromatic heterocycles. The van der Waals surface area contributed by atoms with Gasteiger partial charge in [-0.3, -0.25) is 4.79 Å². The smallest absolute Gasteiger partial charge is 0.160 e. The number of aldehydes is 1. The summed E-state index contributed by atoms with van der Waals surface area (Å²) in [5.74, 6) is 0.675. The van der Waals surface area contributed by atoms with Gasteiger partial charge in [0.1, 0.15) is 0 Å². The summed E-state index contributed by atoms with van der Waals surface area (Å²) in [5, 5.41) is 4.05. The highest BCUT2D eigenvalue weighted by atomic mass is 32.1. The van der Waals surface area contributed by atoms with Crippen LogP contribution in [0.15, 0.2) is 23.2 Å². The average Bonchev–Trinajstić information content (AvgIpc) is 2.65. The Labute approximate surface area is 85.5 Å². The van der Waals surface area contributed by atoms with E-state index < -0.39 is 0 Å². The van der Waals surface area contributed by atoms with Crippen LogP contribution in [0.1, 0.15) is 15.9 Å². The summed E-state index contributed by atoms with van der Waals surface area (Å²) < 4.78 is 0. The molecule has 4 heteroatoms. The molecule has 0 atom stereocenters. The summed E-state index contributed by atoms with van der Waals surface area (Å²) in [6.45, 7) is 2.02. The van der Waals surface area contributed by atoms with Crippen LogP contribution < -0.4 is 0 Å². The predicted octanol–water partition coefficient (Wildman–Crippen LogP) is 2.33. The molecule has 0 saturated carbocycles. The minimum Gasteiger partial charge on any atom is -0.298 e. The summed E-state index contributed by atoms with van der Waals surface area (Å²) >= 11 is 1.62. The van der Waals surface area contributed by atoms with E-state index in [1.807, 2.05) is 17.7 Å². The number of thiophene rings is 1. The Balaban J connectivity index is 2.43. The fourth-order valence-corrected chi connectivity index (χ4v) is 1.95. The number of hydrogen-bond donors (Lipinski definition) is 0. The molecule has 0 saturated heterocycles. The number of aromatic nitrogens is 2. The van der Waals surface area contributed by atoms with E-state index in [-0.39, 0.29) is 0 Å². The monoisotopic (exact) mass is 204 g/mol. The van der Waals surface area contributed by atoms with Gasteiger partial charge in [0.25, 0.3) is 0 Å². The zero-order chi connectivity index (χ0) is 9.97. The molecule has 3 nitrogen and oxygen atoms in total. The minimum absolute atomic E-state index is 0.502. The molecule has 14 heavy (non-hydrogen) atoms. The molecule has 0 amide bonds. The minimum atomic E-state index is 0.502. The van der Waals surface area contributed by atoms with E-state index in [1.54, 1.807) is 11.3 Å². The Morgan fingerprint density at radius 2 is 2.00 bits per heavy atom. The van der Waals surface area contributed by atoms with Crippen molar-refractivity contribution in [2.24, 2.45) is 0 Å². The molecule has 2 rings (SSSR count). The number of nitrogens with zero attached hydrogens (tertiary/aromatic N) is 2. The summed E-state index contributed by atoms with van der Waals surface area (Å²) in [6, 6.07) is 0. The first kappa shape index (κ1) is 9.02. The first-order chi connectivity index (χ1) is 6.81. The summed E-state index contributed by atoms with van der Waals surface area (Å²) in [6.07, 6.45) is 3.81. The number of hydrogen-bond acceptors (Lipinski definition) is 4. The van der Waals surface area contributed by atoms with Gasteiger partial charge in [0.05, 0.1) is 5.56 Å². The van der Waals surface area contributed by atoms with Crippen LogP contribution in [0.4, 0.5) is 0 Å². The molecule has 70 valence electrons. The summed E-state index contributed by atoms with van der Waals surface area (Å²) in [5.41, 5.74) is 2.70. The summed E-state index contributed by atoms with van der Waals surface area (Å²) in [4.78, 5) is 18.6. The van der Waals surface area contributed by atoms with Crippen LogP contribution in [0, 0.1) is 6.92 Å². The molecule has 2 aromatic rings. The van der Waals surface area contributed by atoms with Gasteiger partial charge in [0.15, 0.2) is 12.1 Å². The normalized spacial score (nSPS) is 10.1. The molecule has 0 aliphatic carbocycles. The molecule has 0 bridgehead atoms. The lowest BCUT2D eigenvalue weighted by Gasteiger charge is -1.97. The number of carbonyl (C=O) groups excluding carboxylic acids is 1. The molecule has 0 fully saturated rings. The highest BCUT2D eigenvalue weighted by Crippen LogP contribution is 2.22. The van der Waals surface area contributed by atoms with E-state index in [9.17, 15) is 4.79 Å². The molecule has 0 spiro atoms. The predicted molar refractivity (Wildman–Crippen MR) is 55.5 cm³/mol. The molecule has 2 heterocycles. The van der Waals surface area contributed by atoms with Crippen LogP contribution in [0.25, 0.3) is 11.4 Å². The van der Waals surface area contributed by atoms with Gasteiger partial charge in [0.2, 0.25) is 0 Å². The zero-order valence-corrected chi connectivity index (χ0v) is 8.41. The Kier molecular flexibility index (Phi) is 2.37. The van der Waals surface area contributed by atoms with Crippen LogP contribution in [-0.2, 0) is 0 Å². The van der Waals surface area contributed by atoms with Crippen molar-refractivity contribution in [1.29, 1.82) is 0 Å². The lowest BCUT2D eigenvalue weighted by molar-refractivity contribution is 0.112. The molecular weight excluding hydrogens is 196 g/mol. The highest BCUT2D eigenvalue weighted by Gasteiger charge is 2.04. The van der Waals surface area contributed by atoms with Crippen molar-refractivity contribution in [3.8, 4) is 11.4 Å². The second kappa shape index (κ2) is 3.67. The molecule has 0 N–H and O–H groups in total. The van der Waals surface area contributed by atoms with Gasteiger partial charge in [-0.25, -0.2) is 9.97 Å². The van der Waals surface area contributed by atoms with Crippen molar-refractivity contribution in [3.63, 3.8) is 0 Å². The van der Waals surface area contributed by atoms with Gasteiger partial charge in [-0.1, -0.05) is 0 Å². The lowest BCUT2D eigenvalue weighted by Crippen LogP contribution is -1.90. The van der Waals surface area contributed by atoms with Crippen LogP contribution >= 0.6 is 11.3 Å². The van der Waals surface area contributed by atoms with Gasteiger partial charge < -0.3 is 0 Å². The molecular formula is C10H8N2OS. The van der Waals surface area contributed by atoms with E-state index in [0.717, 1.165) is 17.4 Å². The lowest BCUT2D eigenvalue weighted by atomic mass is 10.2. The van der Waals surface area contributed by atoms with Gasteiger partial charge in [-0.2, -0.15) is 11.3 Å². The highest BCUT2D eigenvalue weighted by molar-refractivity contribution is 7.08. The van der Waals surface area contributed by atoms with Crippen LogP contribution in [0.2, 0.25) is 0 Å². The quantitative estimate of drug-likeness (QED) is 0.705. The van der Waals surface area contributed by atoms with E-state index in [4.69, 9.17) is 0 Å². The van der Waals surface area contributed by atoms with Gasteiger partial charge in [0, 0.05) is 23.3 Å². The fraction of sp³-hybridized carbons (Fsp3) is 0.100. The fourth-order valence-electron chi connectivity index (χ4n) is 1.13. The van der Waals surface area contributed by atoms with Crippen molar-refractivity contribution in [3.05, 3.63) is 34.3 Å². The molecule has 0 radical (unpaired) electrons. The second-order valence-corrected chi connectivity index (χ2v) is 3.67. The Morgan fingerprint density at radius 1 is 1.29 bits per heavy atom. The van der Waals surface area contributed by atoms with Crippen molar-refractivity contribution in [2.75, 3.05) is 0 Å². The Hall–Kier alpha value is -1.55. The Morgan fingerprint density at radius 3 is 2.50 bits per heavy atom. The third-order valence-electron chi connectivity index (χ3n) is 1.90. The third-order valence-corrected chi connectivity index (χ3v) is 2.77. The average molecular weight is 204 g/mol. The number of carbonyl (C=O) groups is 1. The summed E-state index contributed by atoms with van der Waals surface area (Å²) in [7, 11) is 0. The van der Waals surface area contributed by atoms with Crippen LogP contribution in [0.3, 0.4) is 0 Å². The van der Waals surface area contributed by atoms with Gasteiger partial charge in [-0.15, -0.1) is 0 Å². The first-order valence-corrected chi connectivity index (χ1v) is 5.06. The maximum Gasteiger partial charge on any atom is 0.160 e. The SMILES string of the molecule is Cc1cscc1-c1ncc(C=O)cn1. The van der Waals surface area contributed by atoms with E-state index in [0.29, 0.717) is 11.4 Å². The van der Waals surface area contributed by atoms with Gasteiger partial charge in [-0.05, 0) is 17.9 Å². The zero-order valence-electron chi connectivity index (χ0n) is 7.60. The molecule has 0 aliphatic rings. The largest absolute Gasteiger partial charge is 0.298 e. The maximum atomic E-state index is 10.4. The standard InChI is InChI=1S/C10H8N2OS/c1-7-5-14-6-9(7)10-11-2-8(4-13)3-12-10/h2-6H,1H3. The first-order valence-electron chi connectivity index (χ1n) is 4.11. The third kappa shape index (κ3) is 1.56.